The summed E-state index contributed by atoms with van der Waals surface area (Å²) in [6.07, 6.45) is 0.165. The smallest absolute Gasteiger partial charge is 0.338 e. The van der Waals surface area contributed by atoms with Crippen molar-refractivity contribution in [3.63, 3.8) is 0 Å². The SMILES string of the molecule is CCOC(=O)c1cccc(OC)c1CC(C)=O. The zero-order chi connectivity index (χ0) is 12.8. The molecule has 1 aromatic carbocycles. The normalized spacial score (nSPS) is 9.82. The van der Waals surface area contributed by atoms with Crippen LogP contribution in [-0.2, 0) is 16.0 Å². The summed E-state index contributed by atoms with van der Waals surface area (Å²) >= 11 is 0. The average molecular weight is 236 g/mol. The summed E-state index contributed by atoms with van der Waals surface area (Å²) in [5.41, 5.74) is 0.974. The Morgan fingerprint density at radius 3 is 2.53 bits per heavy atom. The summed E-state index contributed by atoms with van der Waals surface area (Å²) in [5, 5.41) is 0. The van der Waals surface area contributed by atoms with E-state index in [0.29, 0.717) is 23.5 Å². The molecule has 0 amide bonds. The summed E-state index contributed by atoms with van der Waals surface area (Å²) in [6.45, 7) is 3.51. The third kappa shape index (κ3) is 3.31. The van der Waals surface area contributed by atoms with Crippen LogP contribution in [0.1, 0.15) is 29.8 Å². The van der Waals surface area contributed by atoms with Gasteiger partial charge in [-0.25, -0.2) is 4.79 Å². The molecule has 0 spiro atoms. The maximum absolute atomic E-state index is 11.7. The Kier molecular flexibility index (Phi) is 4.69. The number of esters is 1. The molecule has 0 heterocycles. The fraction of sp³-hybridized carbons (Fsp3) is 0.385. The molecule has 0 unspecified atom stereocenters. The lowest BCUT2D eigenvalue weighted by atomic mass is 10.0. The number of hydrogen-bond acceptors (Lipinski definition) is 4. The van der Waals surface area contributed by atoms with E-state index in [9.17, 15) is 9.59 Å². The number of benzene rings is 1. The van der Waals surface area contributed by atoms with Crippen LogP contribution >= 0.6 is 0 Å². The molecular weight excluding hydrogens is 220 g/mol. The van der Waals surface area contributed by atoms with Crippen molar-refractivity contribution < 1.29 is 19.1 Å². The van der Waals surface area contributed by atoms with Gasteiger partial charge in [0.25, 0.3) is 0 Å². The molecule has 17 heavy (non-hydrogen) atoms. The number of methoxy groups -OCH3 is 1. The quantitative estimate of drug-likeness (QED) is 0.734. The first-order chi connectivity index (χ1) is 8.10. The summed E-state index contributed by atoms with van der Waals surface area (Å²) in [5.74, 6) is 0.0773. The molecule has 0 aromatic heterocycles. The van der Waals surface area contributed by atoms with Crippen LogP contribution in [0.3, 0.4) is 0 Å². The molecule has 4 heteroatoms. The van der Waals surface area contributed by atoms with Crippen LogP contribution in [0.2, 0.25) is 0 Å². The molecule has 4 nitrogen and oxygen atoms in total. The second-order valence-electron chi connectivity index (χ2n) is 3.59. The van der Waals surface area contributed by atoms with Crippen molar-refractivity contribution in [3.05, 3.63) is 29.3 Å². The maximum Gasteiger partial charge on any atom is 0.338 e. The molecular formula is C13H16O4. The van der Waals surface area contributed by atoms with Crippen molar-refractivity contribution >= 4 is 11.8 Å². The van der Waals surface area contributed by atoms with E-state index < -0.39 is 5.97 Å². The van der Waals surface area contributed by atoms with Crippen molar-refractivity contribution in [1.29, 1.82) is 0 Å². The lowest BCUT2D eigenvalue weighted by Crippen LogP contribution is -2.11. The topological polar surface area (TPSA) is 52.6 Å². The Labute approximate surface area is 101 Å². The van der Waals surface area contributed by atoms with Crippen LogP contribution in [0, 0.1) is 0 Å². The number of hydrogen-bond donors (Lipinski definition) is 0. The van der Waals surface area contributed by atoms with E-state index in [0.717, 1.165) is 0 Å². The molecule has 0 aliphatic rings. The van der Waals surface area contributed by atoms with E-state index in [1.54, 1.807) is 25.1 Å². The fourth-order valence-electron chi connectivity index (χ4n) is 1.59. The summed E-state index contributed by atoms with van der Waals surface area (Å²) in [6, 6.07) is 5.06. The van der Waals surface area contributed by atoms with Gasteiger partial charge in [0.05, 0.1) is 19.3 Å². The Balaban J connectivity index is 3.18. The summed E-state index contributed by atoms with van der Waals surface area (Å²) < 4.78 is 10.1. The monoisotopic (exact) mass is 236 g/mol. The van der Waals surface area contributed by atoms with Gasteiger partial charge in [-0.15, -0.1) is 0 Å². The van der Waals surface area contributed by atoms with Crippen molar-refractivity contribution in [2.45, 2.75) is 20.3 Å². The maximum atomic E-state index is 11.7. The first-order valence-corrected chi connectivity index (χ1v) is 5.42. The highest BCUT2D eigenvalue weighted by Gasteiger charge is 2.17. The van der Waals surface area contributed by atoms with Gasteiger partial charge in [0.2, 0.25) is 0 Å². The minimum atomic E-state index is -0.428. The molecule has 0 N–H and O–H groups in total. The van der Waals surface area contributed by atoms with Crippen LogP contribution in [-0.4, -0.2) is 25.5 Å². The highest BCUT2D eigenvalue weighted by molar-refractivity contribution is 5.94. The Morgan fingerprint density at radius 2 is 2.00 bits per heavy atom. The largest absolute Gasteiger partial charge is 0.496 e. The Morgan fingerprint density at radius 1 is 1.29 bits per heavy atom. The van der Waals surface area contributed by atoms with Gasteiger partial charge in [0.1, 0.15) is 11.5 Å². The lowest BCUT2D eigenvalue weighted by Gasteiger charge is -2.11. The van der Waals surface area contributed by atoms with E-state index in [1.165, 1.54) is 14.0 Å². The van der Waals surface area contributed by atoms with Gasteiger partial charge in [0.15, 0.2) is 0 Å². The second-order valence-corrected chi connectivity index (χ2v) is 3.59. The van der Waals surface area contributed by atoms with Gasteiger partial charge in [-0.2, -0.15) is 0 Å². The van der Waals surface area contributed by atoms with Gasteiger partial charge in [0, 0.05) is 12.0 Å². The number of carbonyl (C=O) groups is 2. The van der Waals surface area contributed by atoms with Gasteiger partial charge in [-0.3, -0.25) is 4.79 Å². The minimum Gasteiger partial charge on any atom is -0.496 e. The van der Waals surface area contributed by atoms with Crippen LogP contribution in [0.25, 0.3) is 0 Å². The molecule has 0 bridgehead atoms. The predicted molar refractivity (Wildman–Crippen MR) is 63.3 cm³/mol. The number of Topliss-reactive ketones (excluding diaryl/α,β-unsaturated/α-hetero) is 1. The fourth-order valence-corrected chi connectivity index (χ4v) is 1.59. The number of ether oxygens (including phenoxy) is 2. The van der Waals surface area contributed by atoms with Crippen molar-refractivity contribution in [2.75, 3.05) is 13.7 Å². The third-order valence-electron chi connectivity index (χ3n) is 2.27. The van der Waals surface area contributed by atoms with Crippen LogP contribution in [0.15, 0.2) is 18.2 Å². The zero-order valence-electron chi connectivity index (χ0n) is 10.3. The van der Waals surface area contributed by atoms with Crippen molar-refractivity contribution in [2.24, 2.45) is 0 Å². The van der Waals surface area contributed by atoms with E-state index in [-0.39, 0.29) is 12.2 Å². The van der Waals surface area contributed by atoms with Crippen molar-refractivity contribution in [3.8, 4) is 5.75 Å². The Bertz CT molecular complexity index is 423. The van der Waals surface area contributed by atoms with E-state index in [2.05, 4.69) is 0 Å². The van der Waals surface area contributed by atoms with E-state index in [1.807, 2.05) is 0 Å². The van der Waals surface area contributed by atoms with Crippen LogP contribution in [0.4, 0.5) is 0 Å². The molecule has 0 saturated carbocycles. The highest BCUT2D eigenvalue weighted by Crippen LogP contribution is 2.23. The van der Waals surface area contributed by atoms with Crippen molar-refractivity contribution in [1.82, 2.24) is 0 Å². The molecule has 0 aliphatic heterocycles. The second kappa shape index (κ2) is 6.03. The third-order valence-corrected chi connectivity index (χ3v) is 2.27. The van der Waals surface area contributed by atoms with Gasteiger partial charge >= 0.3 is 5.97 Å². The van der Waals surface area contributed by atoms with Gasteiger partial charge in [-0.1, -0.05) is 6.07 Å². The molecule has 1 rings (SSSR count). The first-order valence-electron chi connectivity index (χ1n) is 5.42. The summed E-state index contributed by atoms with van der Waals surface area (Å²) in [7, 11) is 1.51. The lowest BCUT2D eigenvalue weighted by molar-refractivity contribution is -0.116. The predicted octanol–water partition coefficient (Wildman–Crippen LogP) is 2.00. The van der Waals surface area contributed by atoms with E-state index >= 15 is 0 Å². The number of rotatable bonds is 5. The van der Waals surface area contributed by atoms with Crippen LogP contribution in [0.5, 0.6) is 5.75 Å². The highest BCUT2D eigenvalue weighted by atomic mass is 16.5. The summed E-state index contributed by atoms with van der Waals surface area (Å²) in [4.78, 5) is 22.9. The molecule has 0 saturated heterocycles. The zero-order valence-corrected chi connectivity index (χ0v) is 10.3. The number of ketones is 1. The molecule has 92 valence electrons. The minimum absolute atomic E-state index is 0.0277. The molecule has 1 aromatic rings. The standard InChI is InChI=1S/C13H16O4/c1-4-17-13(15)10-6-5-7-12(16-3)11(10)8-9(2)14/h5-7H,4,8H2,1-3H3. The Hall–Kier alpha value is -1.84. The number of carbonyl (C=O) groups excluding carboxylic acids is 2. The molecule has 0 atom stereocenters. The van der Waals surface area contributed by atoms with Gasteiger partial charge < -0.3 is 9.47 Å². The first kappa shape index (κ1) is 13.2. The van der Waals surface area contributed by atoms with Gasteiger partial charge in [-0.05, 0) is 26.0 Å². The molecule has 0 aliphatic carbocycles. The van der Waals surface area contributed by atoms with E-state index in [4.69, 9.17) is 9.47 Å². The molecule has 0 radical (unpaired) electrons. The van der Waals surface area contributed by atoms with Crippen LogP contribution < -0.4 is 4.74 Å². The average Bonchev–Trinajstić information content (AvgIpc) is 2.28. The molecule has 0 fully saturated rings.